The quantitative estimate of drug-likeness (QED) is 0.685. The van der Waals surface area contributed by atoms with Crippen LogP contribution in [-0.2, 0) is 10.8 Å². The Hall–Kier alpha value is -0.400. The van der Waals surface area contributed by atoms with E-state index in [4.69, 9.17) is 5.26 Å². The van der Waals surface area contributed by atoms with Crippen molar-refractivity contribution in [2.24, 2.45) is 5.92 Å². The highest BCUT2D eigenvalue weighted by Crippen LogP contribution is 2.09. The van der Waals surface area contributed by atoms with Gasteiger partial charge in [-0.05, 0) is 12.3 Å². The Balaban J connectivity index is 2.30. The molecule has 0 amide bonds. The Morgan fingerprint density at radius 2 is 2.42 bits per heavy atom. The van der Waals surface area contributed by atoms with Crippen molar-refractivity contribution < 1.29 is 4.21 Å². The van der Waals surface area contributed by atoms with Gasteiger partial charge in [0.1, 0.15) is 5.25 Å². The van der Waals surface area contributed by atoms with E-state index in [9.17, 15) is 4.21 Å². The molecule has 0 aromatic carbocycles. The highest BCUT2D eigenvalue weighted by molar-refractivity contribution is 7.85. The molecule has 1 aliphatic rings. The van der Waals surface area contributed by atoms with Crippen LogP contribution in [0.5, 0.6) is 0 Å². The monoisotopic (exact) mass is 186 g/mol. The zero-order chi connectivity index (χ0) is 8.97. The van der Waals surface area contributed by atoms with E-state index in [-0.39, 0.29) is 5.25 Å². The summed E-state index contributed by atoms with van der Waals surface area (Å²) in [5.41, 5.74) is 0. The number of rotatable bonds is 4. The van der Waals surface area contributed by atoms with Crippen molar-refractivity contribution >= 4 is 10.8 Å². The molecule has 2 atom stereocenters. The first kappa shape index (κ1) is 9.69. The van der Waals surface area contributed by atoms with Gasteiger partial charge in [-0.25, -0.2) is 0 Å². The van der Waals surface area contributed by atoms with Crippen molar-refractivity contribution in [1.29, 1.82) is 5.26 Å². The Labute approximate surface area is 75.6 Å². The van der Waals surface area contributed by atoms with Gasteiger partial charge < -0.3 is 5.32 Å². The van der Waals surface area contributed by atoms with Crippen molar-refractivity contribution in [1.82, 2.24) is 5.32 Å². The number of hydrogen-bond donors (Lipinski definition) is 1. The van der Waals surface area contributed by atoms with E-state index in [1.807, 2.05) is 6.92 Å². The molecule has 3 nitrogen and oxygen atoms in total. The van der Waals surface area contributed by atoms with Crippen molar-refractivity contribution in [2.45, 2.75) is 18.6 Å². The van der Waals surface area contributed by atoms with Gasteiger partial charge in [-0.15, -0.1) is 0 Å². The van der Waals surface area contributed by atoms with E-state index in [0.29, 0.717) is 18.1 Å². The van der Waals surface area contributed by atoms with Crippen LogP contribution >= 0.6 is 0 Å². The Bertz CT molecular complexity index is 208. The largest absolute Gasteiger partial charge is 0.316 e. The molecule has 0 aliphatic carbocycles. The zero-order valence-electron chi connectivity index (χ0n) is 7.25. The lowest BCUT2D eigenvalue weighted by Gasteiger charge is -2.26. The molecule has 0 bridgehead atoms. The third-order valence-corrected chi connectivity index (χ3v) is 3.97. The van der Waals surface area contributed by atoms with E-state index in [1.165, 1.54) is 0 Å². The van der Waals surface area contributed by atoms with Crippen LogP contribution in [0, 0.1) is 17.2 Å². The fourth-order valence-electron chi connectivity index (χ4n) is 1.15. The van der Waals surface area contributed by atoms with Crippen LogP contribution in [0.2, 0.25) is 0 Å². The minimum Gasteiger partial charge on any atom is -0.316 e. The molecule has 1 N–H and O–H groups in total. The van der Waals surface area contributed by atoms with E-state index in [2.05, 4.69) is 11.4 Å². The second-order valence-corrected chi connectivity index (χ2v) is 4.76. The molecule has 12 heavy (non-hydrogen) atoms. The molecule has 0 spiro atoms. The number of nitrogens with one attached hydrogen (secondary N) is 1. The zero-order valence-corrected chi connectivity index (χ0v) is 8.06. The molecule has 1 saturated heterocycles. The predicted octanol–water partition coefficient (Wildman–Crippen LogP) is 0.257. The minimum absolute atomic E-state index is 0.259. The van der Waals surface area contributed by atoms with Gasteiger partial charge in [0, 0.05) is 29.6 Å². The molecule has 1 rings (SSSR count). The lowest BCUT2D eigenvalue weighted by molar-refractivity contribution is 0.382. The number of nitrogens with zero attached hydrogens (tertiary/aromatic N) is 1. The van der Waals surface area contributed by atoms with Gasteiger partial charge in [-0.2, -0.15) is 5.26 Å². The summed E-state index contributed by atoms with van der Waals surface area (Å²) in [6.45, 7) is 3.84. The van der Waals surface area contributed by atoms with E-state index in [1.54, 1.807) is 0 Å². The van der Waals surface area contributed by atoms with E-state index in [0.717, 1.165) is 13.1 Å². The van der Waals surface area contributed by atoms with Gasteiger partial charge in [0.05, 0.1) is 6.07 Å². The molecule has 2 unspecified atom stereocenters. The maximum Gasteiger partial charge on any atom is 0.121 e. The molecular formula is C8H14N2OS. The van der Waals surface area contributed by atoms with Crippen molar-refractivity contribution in [3.63, 3.8) is 0 Å². The number of nitriles is 1. The maximum atomic E-state index is 11.5. The summed E-state index contributed by atoms with van der Waals surface area (Å²) < 4.78 is 11.5. The highest BCUT2D eigenvalue weighted by atomic mass is 32.2. The molecule has 0 aromatic heterocycles. The van der Waals surface area contributed by atoms with Crippen LogP contribution in [0.15, 0.2) is 0 Å². The minimum atomic E-state index is -0.938. The molecule has 0 radical (unpaired) electrons. The predicted molar refractivity (Wildman–Crippen MR) is 49.1 cm³/mol. The summed E-state index contributed by atoms with van der Waals surface area (Å²) >= 11 is 0. The van der Waals surface area contributed by atoms with Crippen molar-refractivity contribution in [2.75, 3.05) is 18.8 Å². The highest BCUT2D eigenvalue weighted by Gasteiger charge is 2.23. The third-order valence-electron chi connectivity index (χ3n) is 2.10. The first-order valence-corrected chi connectivity index (χ1v) is 5.63. The van der Waals surface area contributed by atoms with Gasteiger partial charge in [-0.1, -0.05) is 6.92 Å². The van der Waals surface area contributed by atoms with Gasteiger partial charge in [0.15, 0.2) is 0 Å². The van der Waals surface area contributed by atoms with Crippen LogP contribution < -0.4 is 5.32 Å². The molecule has 0 aromatic rings. The first-order valence-electron chi connectivity index (χ1n) is 4.25. The lowest BCUT2D eigenvalue weighted by atomic mass is 10.1. The summed E-state index contributed by atoms with van der Waals surface area (Å²) in [5, 5.41) is 11.5. The third kappa shape index (κ3) is 2.29. The Morgan fingerprint density at radius 3 is 2.75 bits per heavy atom. The smallest absolute Gasteiger partial charge is 0.121 e. The van der Waals surface area contributed by atoms with Gasteiger partial charge in [0.2, 0.25) is 0 Å². The normalized spacial score (nSPS) is 22.3. The van der Waals surface area contributed by atoms with E-state index >= 15 is 0 Å². The lowest BCUT2D eigenvalue weighted by Crippen LogP contribution is -2.45. The van der Waals surface area contributed by atoms with Gasteiger partial charge >= 0.3 is 0 Å². The van der Waals surface area contributed by atoms with Crippen LogP contribution in [0.1, 0.15) is 13.3 Å². The summed E-state index contributed by atoms with van der Waals surface area (Å²) in [6.07, 6.45) is 0.698. The second-order valence-electron chi connectivity index (χ2n) is 3.10. The van der Waals surface area contributed by atoms with Gasteiger partial charge in [-0.3, -0.25) is 4.21 Å². The standard InChI is InChI=1S/C8H14N2OS/c1-2-8(3-9)12(11)6-7-4-10-5-7/h7-8,10H,2,4-6H2,1H3. The Kier molecular flexibility index (Phi) is 3.70. The molecular weight excluding hydrogens is 172 g/mol. The molecule has 1 fully saturated rings. The SMILES string of the molecule is CCC(C#N)S(=O)CC1CNC1. The van der Waals surface area contributed by atoms with Crippen molar-refractivity contribution in [3.05, 3.63) is 0 Å². The summed E-state index contributed by atoms with van der Waals surface area (Å²) in [5.74, 6) is 1.23. The molecule has 0 saturated carbocycles. The number of hydrogen-bond acceptors (Lipinski definition) is 3. The molecule has 68 valence electrons. The van der Waals surface area contributed by atoms with Crippen LogP contribution in [0.4, 0.5) is 0 Å². The van der Waals surface area contributed by atoms with Crippen LogP contribution in [-0.4, -0.2) is 28.3 Å². The van der Waals surface area contributed by atoms with E-state index < -0.39 is 10.8 Å². The maximum absolute atomic E-state index is 11.5. The fourth-order valence-corrected chi connectivity index (χ4v) is 2.57. The molecule has 4 heteroatoms. The fraction of sp³-hybridized carbons (Fsp3) is 0.875. The summed E-state index contributed by atoms with van der Waals surface area (Å²) in [4.78, 5) is 0. The topological polar surface area (TPSA) is 52.9 Å². The first-order chi connectivity index (χ1) is 5.77. The second kappa shape index (κ2) is 4.58. The van der Waals surface area contributed by atoms with Crippen LogP contribution in [0.3, 0.4) is 0 Å². The summed E-state index contributed by atoms with van der Waals surface area (Å²) in [7, 11) is -0.938. The average Bonchev–Trinajstić information content (AvgIpc) is 1.99. The summed E-state index contributed by atoms with van der Waals surface area (Å²) in [6, 6.07) is 2.08. The van der Waals surface area contributed by atoms with Gasteiger partial charge in [0.25, 0.3) is 0 Å². The Morgan fingerprint density at radius 1 is 1.75 bits per heavy atom. The molecule has 1 aliphatic heterocycles. The average molecular weight is 186 g/mol. The molecule has 1 heterocycles. The van der Waals surface area contributed by atoms with Crippen LogP contribution in [0.25, 0.3) is 0 Å². The van der Waals surface area contributed by atoms with Crippen molar-refractivity contribution in [3.8, 4) is 6.07 Å².